The lowest BCUT2D eigenvalue weighted by molar-refractivity contribution is -0.138. The fourth-order valence-electron chi connectivity index (χ4n) is 3.43. The van der Waals surface area contributed by atoms with Crippen LogP contribution < -0.4 is 10.1 Å². The Morgan fingerprint density at radius 1 is 1.10 bits per heavy atom. The first-order valence-electron chi connectivity index (χ1n) is 10.4. The van der Waals surface area contributed by atoms with Gasteiger partial charge >= 0.3 is 5.97 Å². The van der Waals surface area contributed by atoms with Gasteiger partial charge in [-0.3, -0.25) is 9.59 Å². The number of carbonyl (C=O) groups excluding carboxylic acids is 1. The van der Waals surface area contributed by atoms with Crippen molar-refractivity contribution in [2.45, 2.75) is 53.0 Å². The first-order chi connectivity index (χ1) is 14.4. The van der Waals surface area contributed by atoms with Crippen LogP contribution >= 0.6 is 15.9 Å². The maximum absolute atomic E-state index is 13.0. The van der Waals surface area contributed by atoms with Gasteiger partial charge in [-0.2, -0.15) is 0 Å². The highest BCUT2D eigenvalue weighted by Gasteiger charge is 2.32. The number of rotatable bonds is 9. The molecule has 0 aliphatic carbocycles. The molecule has 0 aliphatic heterocycles. The first-order valence-corrected chi connectivity index (χ1v) is 11.2. The molecule has 0 fully saturated rings. The molecule has 0 radical (unpaired) electrons. The molecule has 2 rings (SSSR count). The van der Waals surface area contributed by atoms with Crippen LogP contribution in [0.3, 0.4) is 0 Å². The summed E-state index contributed by atoms with van der Waals surface area (Å²) in [5.74, 6) is -0.893. The van der Waals surface area contributed by atoms with Gasteiger partial charge < -0.3 is 15.2 Å². The Bertz CT molecular complexity index is 916. The van der Waals surface area contributed by atoms with Crippen LogP contribution in [0.4, 0.5) is 5.69 Å². The largest absolute Gasteiger partial charge is 0.495 e. The van der Waals surface area contributed by atoms with Gasteiger partial charge in [-0.05, 0) is 47.7 Å². The molecular formula is C25H32BrNO4. The molecular weight excluding hydrogens is 458 g/mol. The Kier molecular flexibility index (Phi) is 8.29. The average Bonchev–Trinajstić information content (AvgIpc) is 2.69. The highest BCUT2D eigenvalue weighted by atomic mass is 79.9. The lowest BCUT2D eigenvalue weighted by Crippen LogP contribution is -2.41. The summed E-state index contributed by atoms with van der Waals surface area (Å²) in [6.07, 6.45) is 0.364. The van der Waals surface area contributed by atoms with Crippen molar-refractivity contribution in [3.63, 3.8) is 0 Å². The number of methoxy groups -OCH3 is 1. The van der Waals surface area contributed by atoms with Crippen LogP contribution in [-0.4, -0.2) is 30.0 Å². The van der Waals surface area contributed by atoms with E-state index in [1.54, 1.807) is 25.3 Å². The second-order valence-electron chi connectivity index (χ2n) is 9.16. The van der Waals surface area contributed by atoms with Crippen LogP contribution in [0.2, 0.25) is 0 Å². The van der Waals surface area contributed by atoms with E-state index >= 15 is 0 Å². The van der Waals surface area contributed by atoms with Crippen molar-refractivity contribution in [1.29, 1.82) is 0 Å². The maximum atomic E-state index is 13.0. The third-order valence-corrected chi connectivity index (χ3v) is 5.81. The van der Waals surface area contributed by atoms with Crippen LogP contribution in [0.25, 0.3) is 0 Å². The number of anilines is 1. The van der Waals surface area contributed by atoms with Crippen molar-refractivity contribution in [2.75, 3.05) is 12.4 Å². The summed E-state index contributed by atoms with van der Waals surface area (Å²) in [7, 11) is 1.56. The molecule has 2 aromatic carbocycles. The molecule has 2 N–H and O–H groups in total. The SMILES string of the molecule is COc1ccc(C(Cc2ccc(Br)cc2)C(=O)O)cc1NC(C(=O)C(C)(C)C)C(C)C. The van der Waals surface area contributed by atoms with Crippen LogP contribution in [0.1, 0.15) is 51.7 Å². The molecule has 2 unspecified atom stereocenters. The molecule has 0 heterocycles. The second kappa shape index (κ2) is 10.3. The lowest BCUT2D eigenvalue weighted by atomic mass is 9.82. The number of Topliss-reactive ketones (excluding diaryl/α,β-unsaturated/α-hetero) is 1. The molecule has 0 aromatic heterocycles. The Morgan fingerprint density at radius 3 is 2.19 bits per heavy atom. The number of ether oxygens (including phenoxy) is 1. The predicted octanol–water partition coefficient (Wildman–Crippen LogP) is 5.92. The number of benzene rings is 2. The minimum Gasteiger partial charge on any atom is -0.495 e. The quantitative estimate of drug-likeness (QED) is 0.457. The van der Waals surface area contributed by atoms with Gasteiger partial charge in [0.05, 0.1) is 24.8 Å². The van der Waals surface area contributed by atoms with E-state index in [0.29, 0.717) is 23.4 Å². The van der Waals surface area contributed by atoms with Gasteiger partial charge in [-0.15, -0.1) is 0 Å². The number of hydrogen-bond acceptors (Lipinski definition) is 4. The van der Waals surface area contributed by atoms with Gasteiger partial charge in [0.25, 0.3) is 0 Å². The summed E-state index contributed by atoms with van der Waals surface area (Å²) in [5.41, 5.74) is 1.71. The molecule has 5 nitrogen and oxygen atoms in total. The van der Waals surface area contributed by atoms with Gasteiger partial charge in [0.1, 0.15) is 5.75 Å². The Morgan fingerprint density at radius 2 is 1.71 bits per heavy atom. The smallest absolute Gasteiger partial charge is 0.311 e. The van der Waals surface area contributed by atoms with Crippen molar-refractivity contribution >= 4 is 33.4 Å². The Labute approximate surface area is 193 Å². The molecule has 0 saturated carbocycles. The number of hydrogen-bond donors (Lipinski definition) is 2. The predicted molar refractivity (Wildman–Crippen MR) is 128 cm³/mol. The van der Waals surface area contributed by atoms with Gasteiger partial charge in [-0.1, -0.05) is 68.7 Å². The minimum atomic E-state index is -0.898. The van der Waals surface area contributed by atoms with E-state index in [1.807, 2.05) is 58.9 Å². The molecule has 6 heteroatoms. The molecule has 0 saturated heterocycles. The number of carboxylic acids is 1. The summed E-state index contributed by atoms with van der Waals surface area (Å²) in [6.45, 7) is 9.69. The van der Waals surface area contributed by atoms with Crippen molar-refractivity contribution in [3.8, 4) is 5.75 Å². The third-order valence-electron chi connectivity index (χ3n) is 5.28. The van der Waals surface area contributed by atoms with Crippen LogP contribution in [0.15, 0.2) is 46.9 Å². The molecule has 31 heavy (non-hydrogen) atoms. The van der Waals surface area contributed by atoms with Gasteiger partial charge in [0.15, 0.2) is 5.78 Å². The standard InChI is InChI=1S/C25H32BrNO4/c1-15(2)22(23(28)25(3,4)5)27-20-14-17(9-12-21(20)31-6)19(24(29)30)13-16-7-10-18(26)11-8-16/h7-12,14-15,19,22,27H,13H2,1-6H3,(H,29,30). The number of nitrogens with one attached hydrogen (secondary N) is 1. The molecule has 0 amide bonds. The topological polar surface area (TPSA) is 75.6 Å². The van der Waals surface area contributed by atoms with E-state index in [0.717, 1.165) is 10.0 Å². The molecule has 0 spiro atoms. The monoisotopic (exact) mass is 489 g/mol. The number of carbonyl (C=O) groups is 2. The minimum absolute atomic E-state index is 0.0538. The zero-order valence-corrected chi connectivity index (χ0v) is 20.6. The lowest BCUT2D eigenvalue weighted by Gasteiger charge is -2.29. The fraction of sp³-hybridized carbons (Fsp3) is 0.440. The highest BCUT2D eigenvalue weighted by molar-refractivity contribution is 9.10. The van der Waals surface area contributed by atoms with Crippen molar-refractivity contribution in [1.82, 2.24) is 0 Å². The molecule has 0 bridgehead atoms. The summed E-state index contributed by atoms with van der Waals surface area (Å²) in [5, 5.41) is 13.2. The highest BCUT2D eigenvalue weighted by Crippen LogP contribution is 2.33. The van der Waals surface area contributed by atoms with E-state index in [9.17, 15) is 14.7 Å². The molecule has 2 aromatic rings. The normalized spacial score (nSPS) is 13.5. The fourth-order valence-corrected chi connectivity index (χ4v) is 3.69. The van der Waals surface area contributed by atoms with Crippen LogP contribution in [0, 0.1) is 11.3 Å². The number of halogens is 1. The second-order valence-corrected chi connectivity index (χ2v) is 10.1. The van der Waals surface area contributed by atoms with Gasteiger partial charge in [0, 0.05) is 9.89 Å². The van der Waals surface area contributed by atoms with Crippen LogP contribution in [0.5, 0.6) is 5.75 Å². The third kappa shape index (κ3) is 6.57. The van der Waals surface area contributed by atoms with Gasteiger partial charge in [0.2, 0.25) is 0 Å². The zero-order chi connectivity index (χ0) is 23.3. The average molecular weight is 490 g/mol. The number of ketones is 1. The molecule has 2 atom stereocenters. The number of aliphatic carboxylic acids is 1. The van der Waals surface area contributed by atoms with Crippen molar-refractivity contribution < 1.29 is 19.4 Å². The van der Waals surface area contributed by atoms with E-state index < -0.39 is 23.3 Å². The summed E-state index contributed by atoms with van der Waals surface area (Å²) in [6, 6.07) is 12.5. The summed E-state index contributed by atoms with van der Waals surface area (Å²) in [4.78, 5) is 25.1. The van der Waals surface area contributed by atoms with Gasteiger partial charge in [-0.25, -0.2) is 0 Å². The van der Waals surface area contributed by atoms with E-state index in [1.165, 1.54) is 0 Å². The Balaban J connectivity index is 2.41. The van der Waals surface area contributed by atoms with Crippen molar-refractivity contribution in [2.24, 2.45) is 11.3 Å². The molecule has 0 aliphatic rings. The van der Waals surface area contributed by atoms with Crippen LogP contribution in [-0.2, 0) is 16.0 Å². The van der Waals surface area contributed by atoms with E-state index in [-0.39, 0.29) is 11.7 Å². The van der Waals surface area contributed by atoms with E-state index in [2.05, 4.69) is 21.2 Å². The number of carboxylic acid groups (broad SMARTS) is 1. The molecule has 168 valence electrons. The first kappa shape index (κ1) is 24.9. The van der Waals surface area contributed by atoms with Crippen molar-refractivity contribution in [3.05, 3.63) is 58.1 Å². The van der Waals surface area contributed by atoms with E-state index in [4.69, 9.17) is 4.74 Å². The maximum Gasteiger partial charge on any atom is 0.311 e. The Hall–Kier alpha value is -2.34. The summed E-state index contributed by atoms with van der Waals surface area (Å²) >= 11 is 3.40. The summed E-state index contributed by atoms with van der Waals surface area (Å²) < 4.78 is 6.44. The zero-order valence-electron chi connectivity index (χ0n) is 19.0.